The number of amides is 1. The number of hydrogen-bond acceptors (Lipinski definition) is 5. The molecule has 1 aliphatic heterocycles. The van der Waals surface area contributed by atoms with Crippen molar-refractivity contribution in [2.24, 2.45) is 0 Å². The molecule has 1 fully saturated rings. The van der Waals surface area contributed by atoms with Crippen LogP contribution < -0.4 is 0 Å². The van der Waals surface area contributed by atoms with E-state index in [0.29, 0.717) is 11.3 Å². The summed E-state index contributed by atoms with van der Waals surface area (Å²) in [4.78, 5) is 18.9. The van der Waals surface area contributed by atoms with Crippen molar-refractivity contribution in [3.05, 3.63) is 40.9 Å². The standard InChI is InChI=1S/C16H19N3O2S/c1-11-14(12(2)21-18-11)10-22-15-13(6-5-7-17-15)16(20)19-8-3-4-9-19/h5-7H,3-4,8-10H2,1-2H3. The first-order valence-electron chi connectivity index (χ1n) is 7.45. The molecule has 0 aliphatic carbocycles. The Morgan fingerprint density at radius 3 is 2.82 bits per heavy atom. The molecule has 0 atom stereocenters. The summed E-state index contributed by atoms with van der Waals surface area (Å²) in [6.07, 6.45) is 3.91. The molecule has 1 saturated heterocycles. The van der Waals surface area contributed by atoms with Crippen LogP contribution in [0, 0.1) is 13.8 Å². The van der Waals surface area contributed by atoms with Crippen molar-refractivity contribution in [1.82, 2.24) is 15.0 Å². The molecule has 116 valence electrons. The Morgan fingerprint density at radius 2 is 2.14 bits per heavy atom. The van der Waals surface area contributed by atoms with E-state index in [0.717, 1.165) is 48.0 Å². The zero-order valence-electron chi connectivity index (χ0n) is 12.8. The van der Waals surface area contributed by atoms with E-state index in [9.17, 15) is 4.79 Å². The van der Waals surface area contributed by atoms with Gasteiger partial charge in [0.05, 0.1) is 11.3 Å². The zero-order chi connectivity index (χ0) is 15.5. The summed E-state index contributed by atoms with van der Waals surface area (Å²) in [6.45, 7) is 5.54. The van der Waals surface area contributed by atoms with Crippen molar-refractivity contribution < 1.29 is 9.32 Å². The van der Waals surface area contributed by atoms with E-state index < -0.39 is 0 Å². The van der Waals surface area contributed by atoms with Crippen molar-refractivity contribution in [2.45, 2.75) is 37.5 Å². The van der Waals surface area contributed by atoms with Crippen molar-refractivity contribution >= 4 is 17.7 Å². The van der Waals surface area contributed by atoms with Gasteiger partial charge in [0.1, 0.15) is 10.8 Å². The molecule has 22 heavy (non-hydrogen) atoms. The summed E-state index contributed by atoms with van der Waals surface area (Å²) in [7, 11) is 0. The highest BCUT2D eigenvalue weighted by Gasteiger charge is 2.22. The average Bonchev–Trinajstić information content (AvgIpc) is 3.16. The Bertz CT molecular complexity index is 658. The number of likely N-dealkylation sites (tertiary alicyclic amines) is 1. The van der Waals surface area contributed by atoms with Gasteiger partial charge in [0.25, 0.3) is 5.91 Å². The minimum absolute atomic E-state index is 0.0897. The molecule has 0 radical (unpaired) electrons. The van der Waals surface area contributed by atoms with Crippen molar-refractivity contribution in [2.75, 3.05) is 13.1 Å². The molecule has 0 bridgehead atoms. The molecule has 3 heterocycles. The van der Waals surface area contributed by atoms with Gasteiger partial charge in [-0.2, -0.15) is 0 Å². The molecular weight excluding hydrogens is 298 g/mol. The molecule has 2 aromatic heterocycles. The largest absolute Gasteiger partial charge is 0.361 e. The number of pyridine rings is 1. The molecule has 0 saturated carbocycles. The second-order valence-corrected chi connectivity index (χ2v) is 6.41. The van der Waals surface area contributed by atoms with E-state index in [4.69, 9.17) is 4.52 Å². The van der Waals surface area contributed by atoms with E-state index >= 15 is 0 Å². The molecule has 5 nitrogen and oxygen atoms in total. The minimum atomic E-state index is 0.0897. The summed E-state index contributed by atoms with van der Waals surface area (Å²) in [6, 6.07) is 3.69. The maximum Gasteiger partial charge on any atom is 0.256 e. The molecule has 0 aromatic carbocycles. The Balaban J connectivity index is 1.78. The van der Waals surface area contributed by atoms with Gasteiger partial charge in [0.2, 0.25) is 0 Å². The molecular formula is C16H19N3O2S. The Kier molecular flexibility index (Phi) is 4.47. The first-order chi connectivity index (χ1) is 10.7. The third-order valence-electron chi connectivity index (χ3n) is 3.93. The Hall–Kier alpha value is -1.82. The smallest absolute Gasteiger partial charge is 0.256 e. The summed E-state index contributed by atoms with van der Waals surface area (Å²) in [5, 5.41) is 4.74. The van der Waals surface area contributed by atoms with Crippen LogP contribution in [0.1, 0.15) is 40.2 Å². The second kappa shape index (κ2) is 6.52. The fourth-order valence-electron chi connectivity index (χ4n) is 2.61. The highest BCUT2D eigenvalue weighted by Crippen LogP contribution is 2.28. The van der Waals surface area contributed by atoms with Crippen molar-refractivity contribution in [1.29, 1.82) is 0 Å². The SMILES string of the molecule is Cc1noc(C)c1CSc1ncccc1C(=O)N1CCCC1. The predicted octanol–water partition coefficient (Wildman–Crippen LogP) is 3.21. The summed E-state index contributed by atoms with van der Waals surface area (Å²) in [5.41, 5.74) is 2.67. The lowest BCUT2D eigenvalue weighted by atomic mass is 10.2. The highest BCUT2D eigenvalue weighted by molar-refractivity contribution is 7.98. The first-order valence-corrected chi connectivity index (χ1v) is 8.44. The summed E-state index contributed by atoms with van der Waals surface area (Å²) < 4.78 is 5.18. The van der Waals surface area contributed by atoms with Crippen LogP contribution in [0.5, 0.6) is 0 Å². The average molecular weight is 317 g/mol. The van der Waals surface area contributed by atoms with Crippen LogP contribution in [0.2, 0.25) is 0 Å². The number of aromatic nitrogens is 2. The van der Waals surface area contributed by atoms with E-state index in [2.05, 4.69) is 10.1 Å². The summed E-state index contributed by atoms with van der Waals surface area (Å²) in [5.74, 6) is 1.62. The van der Waals surface area contributed by atoms with Gasteiger partial charge in [-0.15, -0.1) is 11.8 Å². The lowest BCUT2D eigenvalue weighted by molar-refractivity contribution is 0.0788. The van der Waals surface area contributed by atoms with Gasteiger partial charge in [-0.1, -0.05) is 5.16 Å². The second-order valence-electron chi connectivity index (χ2n) is 5.45. The Morgan fingerprint density at radius 1 is 1.36 bits per heavy atom. The lowest BCUT2D eigenvalue weighted by Crippen LogP contribution is -2.28. The normalized spacial score (nSPS) is 14.5. The topological polar surface area (TPSA) is 59.2 Å². The number of hydrogen-bond donors (Lipinski definition) is 0. The monoisotopic (exact) mass is 317 g/mol. The molecule has 1 aliphatic rings. The third-order valence-corrected chi connectivity index (χ3v) is 4.96. The molecule has 2 aromatic rings. The molecule has 0 unspecified atom stereocenters. The number of carbonyl (C=O) groups excluding carboxylic acids is 1. The molecule has 0 spiro atoms. The quantitative estimate of drug-likeness (QED) is 0.810. The van der Waals surface area contributed by atoms with Crippen LogP contribution in [-0.4, -0.2) is 34.0 Å². The zero-order valence-corrected chi connectivity index (χ0v) is 13.7. The Labute approximate surface area is 134 Å². The van der Waals surface area contributed by atoms with Crippen LogP contribution in [0.15, 0.2) is 27.9 Å². The van der Waals surface area contributed by atoms with E-state index in [1.165, 1.54) is 0 Å². The maximum absolute atomic E-state index is 12.6. The fraction of sp³-hybridized carbons (Fsp3) is 0.438. The van der Waals surface area contributed by atoms with Crippen molar-refractivity contribution in [3.8, 4) is 0 Å². The van der Waals surface area contributed by atoms with Crippen molar-refractivity contribution in [3.63, 3.8) is 0 Å². The van der Waals surface area contributed by atoms with Gasteiger partial charge in [0, 0.05) is 30.6 Å². The van der Waals surface area contributed by atoms with Gasteiger partial charge in [-0.3, -0.25) is 4.79 Å². The van der Waals surface area contributed by atoms with Crippen LogP contribution >= 0.6 is 11.8 Å². The number of carbonyl (C=O) groups is 1. The van der Waals surface area contributed by atoms with E-state index in [1.807, 2.05) is 30.9 Å². The van der Waals surface area contributed by atoms with Crippen LogP contribution in [0.4, 0.5) is 0 Å². The minimum Gasteiger partial charge on any atom is -0.361 e. The van der Waals surface area contributed by atoms with Gasteiger partial charge in [-0.05, 0) is 38.8 Å². The highest BCUT2D eigenvalue weighted by atomic mass is 32.2. The number of rotatable bonds is 4. The van der Waals surface area contributed by atoms with Crippen LogP contribution in [0.3, 0.4) is 0 Å². The van der Waals surface area contributed by atoms with Gasteiger partial charge < -0.3 is 9.42 Å². The fourth-order valence-corrected chi connectivity index (χ4v) is 3.75. The lowest BCUT2D eigenvalue weighted by Gasteiger charge is -2.16. The molecule has 0 N–H and O–H groups in total. The van der Waals surface area contributed by atoms with Gasteiger partial charge in [-0.25, -0.2) is 4.98 Å². The molecule has 3 rings (SSSR count). The predicted molar refractivity (Wildman–Crippen MR) is 84.9 cm³/mol. The number of thioether (sulfide) groups is 1. The number of aryl methyl sites for hydroxylation is 2. The third kappa shape index (κ3) is 3.02. The molecule has 1 amide bonds. The number of nitrogens with zero attached hydrogens (tertiary/aromatic N) is 3. The van der Waals surface area contributed by atoms with Crippen LogP contribution in [0.25, 0.3) is 0 Å². The van der Waals surface area contributed by atoms with Gasteiger partial charge in [0.15, 0.2) is 0 Å². The van der Waals surface area contributed by atoms with Gasteiger partial charge >= 0.3 is 0 Å². The maximum atomic E-state index is 12.6. The van der Waals surface area contributed by atoms with E-state index in [1.54, 1.807) is 18.0 Å². The van der Waals surface area contributed by atoms with E-state index in [-0.39, 0.29) is 5.91 Å². The first kappa shape index (κ1) is 15.1. The molecule has 6 heteroatoms. The summed E-state index contributed by atoms with van der Waals surface area (Å²) >= 11 is 1.56. The van der Waals surface area contributed by atoms with Crippen LogP contribution in [-0.2, 0) is 5.75 Å².